The first-order chi connectivity index (χ1) is 11.0. The molecule has 1 fully saturated rings. The van der Waals surface area contributed by atoms with Crippen molar-refractivity contribution in [3.8, 4) is 0 Å². The lowest BCUT2D eigenvalue weighted by Crippen LogP contribution is -2.44. The second kappa shape index (κ2) is 8.45. The Kier molecular flexibility index (Phi) is 6.59. The molecule has 23 heavy (non-hydrogen) atoms. The minimum atomic E-state index is -0.0178. The van der Waals surface area contributed by atoms with Crippen LogP contribution in [-0.4, -0.2) is 59.9 Å². The van der Waals surface area contributed by atoms with E-state index in [-0.39, 0.29) is 11.8 Å². The van der Waals surface area contributed by atoms with E-state index in [0.717, 1.165) is 63.5 Å². The first-order valence-corrected chi connectivity index (χ1v) is 8.69. The number of nitrogens with zero attached hydrogens (tertiary/aromatic N) is 3. The molecule has 0 saturated carbocycles. The zero-order valence-corrected chi connectivity index (χ0v) is 15.0. The van der Waals surface area contributed by atoms with Gasteiger partial charge in [-0.3, -0.25) is 9.48 Å². The van der Waals surface area contributed by atoms with E-state index in [4.69, 9.17) is 0 Å². The lowest BCUT2D eigenvalue weighted by atomic mass is 9.99. The van der Waals surface area contributed by atoms with E-state index >= 15 is 0 Å². The summed E-state index contributed by atoms with van der Waals surface area (Å²) in [6.45, 7) is 12.3. The van der Waals surface area contributed by atoms with Crippen molar-refractivity contribution in [2.24, 2.45) is 13.0 Å². The number of aryl methyl sites for hydroxylation is 2. The van der Waals surface area contributed by atoms with Crippen LogP contribution in [0, 0.1) is 19.8 Å². The monoisotopic (exact) mass is 321 g/mol. The van der Waals surface area contributed by atoms with Gasteiger partial charge in [0.25, 0.3) is 0 Å². The van der Waals surface area contributed by atoms with Crippen molar-refractivity contribution in [3.05, 3.63) is 17.0 Å². The molecule has 1 aliphatic rings. The molecule has 2 rings (SSSR count). The van der Waals surface area contributed by atoms with Crippen LogP contribution in [-0.2, 0) is 18.3 Å². The minimum Gasteiger partial charge on any atom is -0.356 e. The van der Waals surface area contributed by atoms with E-state index in [2.05, 4.69) is 27.6 Å². The van der Waals surface area contributed by atoms with Gasteiger partial charge in [-0.2, -0.15) is 5.10 Å². The third-order valence-electron chi connectivity index (χ3n) is 4.78. The fourth-order valence-corrected chi connectivity index (χ4v) is 3.14. The van der Waals surface area contributed by atoms with Gasteiger partial charge in [-0.25, -0.2) is 0 Å². The van der Waals surface area contributed by atoms with Crippen LogP contribution in [0.5, 0.6) is 0 Å². The molecular formula is C17H31N5O. The fourth-order valence-electron chi connectivity index (χ4n) is 3.14. The number of aromatic nitrogens is 2. The number of amides is 1. The fraction of sp³-hybridized carbons (Fsp3) is 0.765. The quantitative estimate of drug-likeness (QED) is 0.723. The highest BCUT2D eigenvalue weighted by Gasteiger charge is 2.18. The van der Waals surface area contributed by atoms with Crippen LogP contribution in [0.1, 0.15) is 30.3 Å². The van der Waals surface area contributed by atoms with Gasteiger partial charge in [0, 0.05) is 51.4 Å². The summed E-state index contributed by atoms with van der Waals surface area (Å²) in [6.07, 6.45) is 1.78. The Morgan fingerprint density at radius 2 is 2.04 bits per heavy atom. The number of hydrogen-bond acceptors (Lipinski definition) is 4. The highest BCUT2D eigenvalue weighted by atomic mass is 16.1. The summed E-state index contributed by atoms with van der Waals surface area (Å²) in [6, 6.07) is 0. The van der Waals surface area contributed by atoms with Gasteiger partial charge < -0.3 is 15.5 Å². The molecule has 0 aromatic carbocycles. The van der Waals surface area contributed by atoms with Gasteiger partial charge in [-0.1, -0.05) is 6.92 Å². The van der Waals surface area contributed by atoms with Crippen LogP contribution >= 0.6 is 0 Å². The Labute approximate surface area is 139 Å². The molecule has 1 aliphatic heterocycles. The van der Waals surface area contributed by atoms with E-state index in [1.54, 1.807) is 0 Å². The van der Waals surface area contributed by atoms with Gasteiger partial charge >= 0.3 is 0 Å². The maximum atomic E-state index is 12.3. The zero-order chi connectivity index (χ0) is 16.8. The lowest BCUT2D eigenvalue weighted by Gasteiger charge is -2.27. The molecule has 1 saturated heterocycles. The van der Waals surface area contributed by atoms with Gasteiger partial charge in [0.05, 0.1) is 5.69 Å². The van der Waals surface area contributed by atoms with Crippen LogP contribution in [0.25, 0.3) is 0 Å². The highest BCUT2D eigenvalue weighted by Crippen LogP contribution is 2.16. The third kappa shape index (κ3) is 5.04. The molecule has 1 unspecified atom stereocenters. The molecule has 6 nitrogen and oxygen atoms in total. The molecule has 1 aromatic heterocycles. The summed E-state index contributed by atoms with van der Waals surface area (Å²) >= 11 is 0. The van der Waals surface area contributed by atoms with Crippen LogP contribution in [0.4, 0.5) is 0 Å². The van der Waals surface area contributed by atoms with Crippen molar-refractivity contribution in [3.63, 3.8) is 0 Å². The number of hydrogen-bond donors (Lipinski definition) is 2. The Balaban J connectivity index is 1.70. The second-order valence-electron chi connectivity index (χ2n) is 6.61. The van der Waals surface area contributed by atoms with E-state index in [1.165, 1.54) is 5.56 Å². The van der Waals surface area contributed by atoms with E-state index < -0.39 is 0 Å². The third-order valence-corrected chi connectivity index (χ3v) is 4.78. The Hall–Kier alpha value is -1.40. The molecule has 2 N–H and O–H groups in total. The average molecular weight is 321 g/mol. The summed E-state index contributed by atoms with van der Waals surface area (Å²) in [4.78, 5) is 14.7. The number of carbonyl (C=O) groups excluding carboxylic acids is 1. The molecule has 1 amide bonds. The van der Waals surface area contributed by atoms with Crippen LogP contribution in [0.15, 0.2) is 0 Å². The molecule has 0 aliphatic carbocycles. The van der Waals surface area contributed by atoms with Gasteiger partial charge in [0.15, 0.2) is 0 Å². The molecule has 6 heteroatoms. The maximum Gasteiger partial charge on any atom is 0.223 e. The van der Waals surface area contributed by atoms with Crippen LogP contribution < -0.4 is 10.6 Å². The summed E-state index contributed by atoms with van der Waals surface area (Å²) in [5.41, 5.74) is 3.39. The van der Waals surface area contributed by atoms with Gasteiger partial charge in [0.2, 0.25) is 5.91 Å². The highest BCUT2D eigenvalue weighted by molar-refractivity contribution is 5.78. The molecule has 2 heterocycles. The Morgan fingerprint density at radius 1 is 1.35 bits per heavy atom. The van der Waals surface area contributed by atoms with Gasteiger partial charge in [0.1, 0.15) is 0 Å². The van der Waals surface area contributed by atoms with Crippen LogP contribution in [0.2, 0.25) is 0 Å². The largest absolute Gasteiger partial charge is 0.356 e. The van der Waals surface area contributed by atoms with Gasteiger partial charge in [-0.05, 0) is 38.8 Å². The molecule has 1 atom stereocenters. The van der Waals surface area contributed by atoms with Crippen molar-refractivity contribution >= 4 is 5.91 Å². The first kappa shape index (κ1) is 17.9. The van der Waals surface area contributed by atoms with Crippen molar-refractivity contribution in [2.45, 2.75) is 33.6 Å². The average Bonchev–Trinajstić information content (AvgIpc) is 2.78. The number of nitrogens with one attached hydrogen (secondary N) is 2. The van der Waals surface area contributed by atoms with Crippen molar-refractivity contribution < 1.29 is 4.79 Å². The smallest absolute Gasteiger partial charge is 0.223 e. The topological polar surface area (TPSA) is 62.2 Å². The number of piperazine rings is 1. The zero-order valence-electron chi connectivity index (χ0n) is 15.0. The summed E-state index contributed by atoms with van der Waals surface area (Å²) in [7, 11) is 1.95. The molecular weight excluding hydrogens is 290 g/mol. The lowest BCUT2D eigenvalue weighted by molar-refractivity contribution is -0.124. The standard InChI is InChI=1S/C17H31N5O/c1-13(12-16-14(2)20-21(4)15(16)3)17(23)19-6-5-9-22-10-7-18-8-11-22/h13,18H,5-12H2,1-4H3,(H,19,23). The second-order valence-corrected chi connectivity index (χ2v) is 6.61. The molecule has 0 bridgehead atoms. The van der Waals surface area contributed by atoms with Crippen LogP contribution in [0.3, 0.4) is 0 Å². The van der Waals surface area contributed by atoms with Gasteiger partial charge in [-0.15, -0.1) is 0 Å². The van der Waals surface area contributed by atoms with Crippen molar-refractivity contribution in [1.29, 1.82) is 0 Å². The predicted octanol–water partition coefficient (Wildman–Crippen LogP) is 0.627. The summed E-state index contributed by atoms with van der Waals surface area (Å²) in [5, 5.41) is 10.9. The summed E-state index contributed by atoms with van der Waals surface area (Å²) < 4.78 is 1.89. The maximum absolute atomic E-state index is 12.3. The number of rotatable bonds is 7. The normalized spacial score (nSPS) is 17.2. The molecule has 0 radical (unpaired) electrons. The Morgan fingerprint density at radius 3 is 2.65 bits per heavy atom. The molecule has 130 valence electrons. The first-order valence-electron chi connectivity index (χ1n) is 8.69. The predicted molar refractivity (Wildman–Crippen MR) is 92.5 cm³/mol. The van der Waals surface area contributed by atoms with E-state index in [0.29, 0.717) is 0 Å². The minimum absolute atomic E-state index is 0.0178. The van der Waals surface area contributed by atoms with E-state index in [1.807, 2.05) is 25.6 Å². The molecule has 0 spiro atoms. The van der Waals surface area contributed by atoms with Crippen molar-refractivity contribution in [1.82, 2.24) is 25.3 Å². The van der Waals surface area contributed by atoms with E-state index in [9.17, 15) is 4.79 Å². The summed E-state index contributed by atoms with van der Waals surface area (Å²) in [5.74, 6) is 0.128. The Bertz CT molecular complexity index is 519. The SMILES string of the molecule is Cc1nn(C)c(C)c1CC(C)C(=O)NCCCN1CCNCC1. The number of carbonyl (C=O) groups is 1. The molecule has 1 aromatic rings. The van der Waals surface area contributed by atoms with Crippen molar-refractivity contribution in [2.75, 3.05) is 39.3 Å².